The second kappa shape index (κ2) is 8.54. The van der Waals surface area contributed by atoms with Crippen LogP contribution in [-0.4, -0.2) is 63.1 Å². The fourth-order valence-electron chi connectivity index (χ4n) is 3.64. The Morgan fingerprint density at radius 2 is 2.20 bits per heavy atom. The Bertz CT molecular complexity index is 591. The molecule has 0 aromatic heterocycles. The maximum Gasteiger partial charge on any atom is 0.317 e. The molecule has 1 aromatic carbocycles. The van der Waals surface area contributed by atoms with Gasteiger partial charge in [-0.1, -0.05) is 12.1 Å². The van der Waals surface area contributed by atoms with Gasteiger partial charge in [-0.15, -0.1) is 0 Å². The van der Waals surface area contributed by atoms with Crippen molar-refractivity contribution in [2.45, 2.75) is 38.3 Å². The molecule has 0 radical (unpaired) electrons. The van der Waals surface area contributed by atoms with Gasteiger partial charge in [-0.2, -0.15) is 0 Å². The number of hydrogen-bond donors (Lipinski definition) is 1. The lowest BCUT2D eigenvalue weighted by atomic mass is 10.0. The summed E-state index contributed by atoms with van der Waals surface area (Å²) in [4.78, 5) is 14.7. The van der Waals surface area contributed by atoms with Crippen molar-refractivity contribution in [3.05, 3.63) is 29.3 Å². The summed E-state index contributed by atoms with van der Waals surface area (Å²) in [6.07, 6.45) is 2.39. The van der Waals surface area contributed by atoms with Crippen LogP contribution in [0.25, 0.3) is 0 Å². The summed E-state index contributed by atoms with van der Waals surface area (Å²) in [7, 11) is 1.70. The molecule has 25 heavy (non-hydrogen) atoms. The van der Waals surface area contributed by atoms with E-state index in [-0.39, 0.29) is 18.2 Å². The Labute approximate surface area is 149 Å². The molecule has 0 bridgehead atoms. The first kappa shape index (κ1) is 18.0. The van der Waals surface area contributed by atoms with E-state index in [4.69, 9.17) is 14.2 Å². The van der Waals surface area contributed by atoms with E-state index in [1.165, 1.54) is 11.1 Å². The van der Waals surface area contributed by atoms with E-state index in [9.17, 15) is 4.79 Å². The third-order valence-corrected chi connectivity index (χ3v) is 5.01. The highest BCUT2D eigenvalue weighted by Crippen LogP contribution is 2.26. The van der Waals surface area contributed by atoms with Gasteiger partial charge in [0.25, 0.3) is 0 Å². The molecule has 1 N–H and O–H groups in total. The molecule has 0 unspecified atom stereocenters. The second-order valence-corrected chi connectivity index (χ2v) is 6.50. The molecule has 1 aromatic rings. The summed E-state index contributed by atoms with van der Waals surface area (Å²) in [6.45, 7) is 5.21. The van der Waals surface area contributed by atoms with Gasteiger partial charge in [0, 0.05) is 26.3 Å². The van der Waals surface area contributed by atoms with Crippen LogP contribution in [0.4, 0.5) is 4.79 Å². The van der Waals surface area contributed by atoms with Gasteiger partial charge < -0.3 is 24.4 Å². The smallest absolute Gasteiger partial charge is 0.317 e. The molecular formula is C19H28N2O4. The number of rotatable bonds is 4. The minimum Gasteiger partial charge on any atom is -0.496 e. The number of nitrogens with zero attached hydrogens (tertiary/aromatic N) is 1. The molecule has 2 amide bonds. The summed E-state index contributed by atoms with van der Waals surface area (Å²) >= 11 is 0. The number of amides is 2. The third-order valence-electron chi connectivity index (χ3n) is 5.01. The topological polar surface area (TPSA) is 60.0 Å². The van der Waals surface area contributed by atoms with Gasteiger partial charge in [0.2, 0.25) is 0 Å². The molecule has 2 aliphatic heterocycles. The van der Waals surface area contributed by atoms with Gasteiger partial charge in [-0.3, -0.25) is 0 Å². The monoisotopic (exact) mass is 348 g/mol. The van der Waals surface area contributed by atoms with Crippen LogP contribution >= 0.6 is 0 Å². The van der Waals surface area contributed by atoms with Crippen LogP contribution in [0, 0.1) is 0 Å². The lowest BCUT2D eigenvalue weighted by Gasteiger charge is -2.33. The predicted octanol–water partition coefficient (Wildman–Crippen LogP) is 2.00. The first-order chi connectivity index (χ1) is 12.2. The Morgan fingerprint density at radius 1 is 1.36 bits per heavy atom. The molecule has 3 rings (SSSR count). The van der Waals surface area contributed by atoms with Gasteiger partial charge in [0.1, 0.15) is 11.9 Å². The quantitative estimate of drug-likeness (QED) is 0.904. The second-order valence-electron chi connectivity index (χ2n) is 6.50. The first-order valence-electron chi connectivity index (χ1n) is 9.12. The van der Waals surface area contributed by atoms with Crippen molar-refractivity contribution >= 4 is 6.03 Å². The average molecular weight is 348 g/mol. The summed E-state index contributed by atoms with van der Waals surface area (Å²) in [5, 5.41) is 3.16. The molecular weight excluding hydrogens is 320 g/mol. The zero-order valence-electron chi connectivity index (χ0n) is 15.1. The van der Waals surface area contributed by atoms with Crippen molar-refractivity contribution < 1.29 is 19.0 Å². The lowest BCUT2D eigenvalue weighted by molar-refractivity contribution is -0.0632. The van der Waals surface area contributed by atoms with Crippen molar-refractivity contribution in [2.24, 2.45) is 0 Å². The standard InChI is InChI=1S/C19H28N2O4/c1-3-25-18-13-24-12-9-16(18)20-19(22)21-10-7-14-5-4-6-17(23-2)15(14)8-11-21/h4-6,16,18H,3,7-13H2,1-2H3,(H,20,22)/t16-,18+/m0/s1. The number of urea groups is 1. The highest BCUT2D eigenvalue weighted by Gasteiger charge is 2.29. The van der Waals surface area contributed by atoms with Crippen LogP contribution in [0.3, 0.4) is 0 Å². The van der Waals surface area contributed by atoms with E-state index in [1.54, 1.807) is 7.11 Å². The summed E-state index contributed by atoms with van der Waals surface area (Å²) < 4.78 is 16.7. The van der Waals surface area contributed by atoms with Gasteiger partial charge in [-0.25, -0.2) is 4.79 Å². The zero-order valence-corrected chi connectivity index (χ0v) is 15.1. The van der Waals surface area contributed by atoms with E-state index < -0.39 is 0 Å². The molecule has 6 heteroatoms. The summed E-state index contributed by atoms with van der Waals surface area (Å²) in [6, 6.07) is 6.14. The van der Waals surface area contributed by atoms with Crippen LogP contribution in [0.1, 0.15) is 24.5 Å². The summed E-state index contributed by atoms with van der Waals surface area (Å²) in [5.74, 6) is 0.917. The van der Waals surface area contributed by atoms with Crippen LogP contribution in [0.2, 0.25) is 0 Å². The molecule has 6 nitrogen and oxygen atoms in total. The lowest BCUT2D eigenvalue weighted by Crippen LogP contribution is -2.54. The van der Waals surface area contributed by atoms with Crippen molar-refractivity contribution in [3.8, 4) is 5.75 Å². The Balaban J connectivity index is 1.62. The number of methoxy groups -OCH3 is 1. The largest absolute Gasteiger partial charge is 0.496 e. The van der Waals surface area contributed by atoms with Crippen LogP contribution in [0.5, 0.6) is 5.75 Å². The molecule has 2 aliphatic rings. The Kier molecular flexibility index (Phi) is 6.15. The molecule has 0 saturated carbocycles. The van der Waals surface area contributed by atoms with Crippen molar-refractivity contribution in [3.63, 3.8) is 0 Å². The zero-order chi connectivity index (χ0) is 17.6. The van der Waals surface area contributed by atoms with Gasteiger partial charge in [0.15, 0.2) is 0 Å². The van der Waals surface area contributed by atoms with Crippen molar-refractivity contribution in [2.75, 3.05) is 40.0 Å². The Hall–Kier alpha value is -1.79. The minimum atomic E-state index is -0.0630. The number of hydrogen-bond acceptors (Lipinski definition) is 4. The van der Waals surface area contributed by atoms with Gasteiger partial charge in [0.05, 0.1) is 19.8 Å². The average Bonchev–Trinajstić information content (AvgIpc) is 2.86. The van der Waals surface area contributed by atoms with Crippen molar-refractivity contribution in [1.82, 2.24) is 10.2 Å². The van der Waals surface area contributed by atoms with E-state index in [0.717, 1.165) is 25.0 Å². The SMILES string of the molecule is CCO[C@@H]1COCC[C@@H]1NC(=O)N1CCc2cccc(OC)c2CC1. The maximum absolute atomic E-state index is 12.8. The molecule has 138 valence electrons. The predicted molar refractivity (Wildman–Crippen MR) is 95.1 cm³/mol. The van der Waals surface area contributed by atoms with E-state index >= 15 is 0 Å². The molecule has 2 atom stereocenters. The number of fused-ring (bicyclic) bond motifs is 1. The number of carbonyl (C=O) groups excluding carboxylic acids is 1. The molecule has 2 heterocycles. The van der Waals surface area contributed by atoms with Gasteiger partial charge >= 0.3 is 6.03 Å². The first-order valence-corrected chi connectivity index (χ1v) is 9.12. The summed E-state index contributed by atoms with van der Waals surface area (Å²) in [5.41, 5.74) is 2.49. The molecule has 0 aliphatic carbocycles. The van der Waals surface area contributed by atoms with Crippen molar-refractivity contribution in [1.29, 1.82) is 0 Å². The van der Waals surface area contributed by atoms with Gasteiger partial charge in [-0.05, 0) is 43.4 Å². The normalized spacial score (nSPS) is 23.5. The third kappa shape index (κ3) is 4.25. The number of nitrogens with one attached hydrogen (secondary N) is 1. The van der Waals surface area contributed by atoms with E-state index in [1.807, 2.05) is 24.0 Å². The fraction of sp³-hybridized carbons (Fsp3) is 0.632. The molecule has 1 fully saturated rings. The van der Waals surface area contributed by atoms with Crippen LogP contribution < -0.4 is 10.1 Å². The number of ether oxygens (including phenoxy) is 3. The van der Waals surface area contributed by atoms with E-state index in [0.29, 0.717) is 32.9 Å². The minimum absolute atomic E-state index is 0.0108. The number of carbonyl (C=O) groups is 1. The maximum atomic E-state index is 12.8. The van der Waals surface area contributed by atoms with Crippen LogP contribution in [-0.2, 0) is 22.3 Å². The number of benzene rings is 1. The molecule has 0 spiro atoms. The van der Waals surface area contributed by atoms with E-state index in [2.05, 4.69) is 11.4 Å². The highest BCUT2D eigenvalue weighted by molar-refractivity contribution is 5.74. The fourth-order valence-corrected chi connectivity index (χ4v) is 3.64. The van der Waals surface area contributed by atoms with Crippen LogP contribution in [0.15, 0.2) is 18.2 Å². The highest BCUT2D eigenvalue weighted by atomic mass is 16.5. The Morgan fingerprint density at radius 3 is 3.00 bits per heavy atom. The molecule has 1 saturated heterocycles.